The van der Waals surface area contributed by atoms with E-state index in [0.29, 0.717) is 12.6 Å². The summed E-state index contributed by atoms with van der Waals surface area (Å²) in [6, 6.07) is 14.4. The number of rotatable bonds is 6. The summed E-state index contributed by atoms with van der Waals surface area (Å²) in [6.45, 7) is 6.47. The molecule has 0 aliphatic heterocycles. The first-order valence-corrected chi connectivity index (χ1v) is 10.7. The molecule has 1 saturated carbocycles. The second-order valence-electron chi connectivity index (χ2n) is 8.16. The van der Waals surface area contributed by atoms with Crippen LogP contribution in [0.15, 0.2) is 42.5 Å². The summed E-state index contributed by atoms with van der Waals surface area (Å²) in [4.78, 5) is 12.0. The lowest BCUT2D eigenvalue weighted by atomic mass is 9.92. The second-order valence-corrected chi connectivity index (χ2v) is 8.16. The van der Waals surface area contributed by atoms with E-state index in [1.807, 2.05) is 57.2 Å². The van der Waals surface area contributed by atoms with Crippen LogP contribution in [-0.2, 0) is 0 Å². The van der Waals surface area contributed by atoms with Crippen molar-refractivity contribution in [3.63, 3.8) is 0 Å². The Morgan fingerprint density at radius 1 is 1.20 bits per heavy atom. The molecule has 4 N–H and O–H groups in total. The van der Waals surface area contributed by atoms with Crippen LogP contribution in [0.25, 0.3) is 22.2 Å². The predicted molar refractivity (Wildman–Crippen MR) is 123 cm³/mol. The van der Waals surface area contributed by atoms with E-state index in [1.54, 1.807) is 0 Å². The van der Waals surface area contributed by atoms with Gasteiger partial charge in [-0.1, -0.05) is 12.1 Å². The molecule has 0 bridgehead atoms. The third kappa shape index (κ3) is 3.82. The highest BCUT2D eigenvalue weighted by molar-refractivity contribution is 6.02. The number of benzene rings is 2. The molecule has 4 rings (SSSR count). The van der Waals surface area contributed by atoms with E-state index in [-0.39, 0.29) is 12.1 Å². The topological polar surface area (TPSA) is 81.3 Å². The van der Waals surface area contributed by atoms with Gasteiger partial charge in [0.15, 0.2) is 0 Å². The number of nitrogens with two attached hydrogens (primary N) is 1. The lowest BCUT2D eigenvalue weighted by molar-refractivity contribution is 0.250. The molecule has 2 aromatic carbocycles. The van der Waals surface area contributed by atoms with Crippen molar-refractivity contribution in [1.82, 2.24) is 9.88 Å². The van der Waals surface area contributed by atoms with Crippen LogP contribution in [0, 0.1) is 0 Å². The number of nitrogen functional groups attached to an aromatic ring is 1. The average Bonchev–Trinajstić information content (AvgIpc) is 2.93. The molecule has 1 heterocycles. The maximum Gasteiger partial charge on any atom is 0.319 e. The van der Waals surface area contributed by atoms with E-state index in [0.717, 1.165) is 39.3 Å². The molecule has 6 heteroatoms. The Hall–Kier alpha value is -3.15. The number of carbonyl (C=O) groups is 1. The molecule has 2 amide bonds. The fraction of sp³-hybridized carbons (Fsp3) is 0.375. The third-order valence-electron chi connectivity index (χ3n) is 5.60. The first kappa shape index (κ1) is 20.1. The third-order valence-corrected chi connectivity index (χ3v) is 5.60. The summed E-state index contributed by atoms with van der Waals surface area (Å²) in [6.07, 6.45) is 3.57. The normalized spacial score (nSPS) is 14.0. The highest BCUT2D eigenvalue weighted by Crippen LogP contribution is 2.44. The molecule has 0 unspecified atom stereocenters. The number of nitrogens with zero attached hydrogens (tertiary/aromatic N) is 1. The maximum atomic E-state index is 12.0. The summed E-state index contributed by atoms with van der Waals surface area (Å²) in [7, 11) is 0. The number of ether oxygens (including phenoxy) is 1. The van der Waals surface area contributed by atoms with E-state index in [9.17, 15) is 4.79 Å². The molecule has 0 radical (unpaired) electrons. The summed E-state index contributed by atoms with van der Waals surface area (Å²) in [5.74, 6) is 0.838. The molecule has 0 saturated heterocycles. The summed E-state index contributed by atoms with van der Waals surface area (Å²) >= 11 is 0. The zero-order valence-corrected chi connectivity index (χ0v) is 17.9. The van der Waals surface area contributed by atoms with Gasteiger partial charge in [0.1, 0.15) is 5.75 Å². The molecule has 1 aliphatic rings. The first-order valence-electron chi connectivity index (χ1n) is 10.7. The van der Waals surface area contributed by atoms with E-state index in [1.165, 1.54) is 19.3 Å². The van der Waals surface area contributed by atoms with E-state index in [4.69, 9.17) is 10.5 Å². The van der Waals surface area contributed by atoms with Crippen LogP contribution in [0.2, 0.25) is 0 Å². The minimum absolute atomic E-state index is 0.0869. The molecule has 0 atom stereocenters. The van der Waals surface area contributed by atoms with Gasteiger partial charge < -0.3 is 25.7 Å². The lowest BCUT2D eigenvalue weighted by Crippen LogP contribution is -2.34. The number of amides is 2. The Kier molecular flexibility index (Phi) is 5.57. The summed E-state index contributed by atoms with van der Waals surface area (Å²) < 4.78 is 8.08. The van der Waals surface area contributed by atoms with Gasteiger partial charge in [-0.05, 0) is 70.4 Å². The minimum atomic E-state index is -0.204. The Bertz CT molecular complexity index is 1050. The van der Waals surface area contributed by atoms with Crippen molar-refractivity contribution in [1.29, 1.82) is 0 Å². The van der Waals surface area contributed by atoms with Gasteiger partial charge in [0, 0.05) is 28.7 Å². The van der Waals surface area contributed by atoms with Crippen molar-refractivity contribution in [2.75, 3.05) is 17.7 Å². The smallest absolute Gasteiger partial charge is 0.319 e. The van der Waals surface area contributed by atoms with Crippen LogP contribution in [-0.4, -0.2) is 23.2 Å². The van der Waals surface area contributed by atoms with Gasteiger partial charge in [-0.2, -0.15) is 0 Å². The van der Waals surface area contributed by atoms with Crippen LogP contribution in [0.3, 0.4) is 0 Å². The highest BCUT2D eigenvalue weighted by atomic mass is 16.5. The van der Waals surface area contributed by atoms with Crippen LogP contribution in [0.1, 0.15) is 46.1 Å². The number of carbonyl (C=O) groups excluding carboxylic acids is 1. The van der Waals surface area contributed by atoms with E-state index < -0.39 is 0 Å². The molecule has 1 aliphatic carbocycles. The Morgan fingerprint density at radius 2 is 1.93 bits per heavy atom. The second kappa shape index (κ2) is 8.30. The molecule has 158 valence electrons. The van der Waals surface area contributed by atoms with Crippen LogP contribution >= 0.6 is 0 Å². The number of hydrogen-bond donors (Lipinski definition) is 3. The number of fused-ring (bicyclic) bond motifs is 1. The van der Waals surface area contributed by atoms with Gasteiger partial charge in [0.2, 0.25) is 0 Å². The van der Waals surface area contributed by atoms with Crippen molar-refractivity contribution in [3.05, 3.63) is 42.5 Å². The van der Waals surface area contributed by atoms with Crippen molar-refractivity contribution in [2.24, 2.45) is 0 Å². The van der Waals surface area contributed by atoms with Crippen LogP contribution in [0.4, 0.5) is 16.2 Å². The van der Waals surface area contributed by atoms with Gasteiger partial charge in [0.25, 0.3) is 0 Å². The largest absolute Gasteiger partial charge is 0.494 e. The van der Waals surface area contributed by atoms with Gasteiger partial charge in [0.05, 0.1) is 23.5 Å². The van der Waals surface area contributed by atoms with E-state index >= 15 is 0 Å². The Morgan fingerprint density at radius 3 is 2.53 bits per heavy atom. The number of anilines is 2. The monoisotopic (exact) mass is 406 g/mol. The van der Waals surface area contributed by atoms with Crippen LogP contribution < -0.4 is 21.1 Å². The molecule has 1 fully saturated rings. The highest BCUT2D eigenvalue weighted by Gasteiger charge is 2.27. The Labute approximate surface area is 177 Å². The Balaban J connectivity index is 1.72. The zero-order chi connectivity index (χ0) is 21.3. The number of urea groups is 1. The number of nitrogens with one attached hydrogen (secondary N) is 2. The van der Waals surface area contributed by atoms with Crippen molar-refractivity contribution < 1.29 is 9.53 Å². The fourth-order valence-corrected chi connectivity index (χ4v) is 4.03. The summed E-state index contributed by atoms with van der Waals surface area (Å²) in [5, 5.41) is 6.73. The zero-order valence-electron chi connectivity index (χ0n) is 17.9. The van der Waals surface area contributed by atoms with Gasteiger partial charge in [-0.15, -0.1) is 0 Å². The van der Waals surface area contributed by atoms with Gasteiger partial charge in [-0.3, -0.25) is 0 Å². The molecule has 0 spiro atoms. The first-order chi connectivity index (χ1) is 14.5. The molecule has 3 aromatic rings. The van der Waals surface area contributed by atoms with Crippen molar-refractivity contribution in [2.45, 2.75) is 52.1 Å². The minimum Gasteiger partial charge on any atom is -0.494 e. The lowest BCUT2D eigenvalue weighted by Gasteiger charge is -2.30. The molecular weight excluding hydrogens is 376 g/mol. The van der Waals surface area contributed by atoms with E-state index in [2.05, 4.69) is 21.3 Å². The standard InChI is InChI=1S/C24H30N4O2/c1-4-30-19-12-13-21-20(14-19)22(25)23(28(21)18-6-5-7-18)16-8-10-17(11-9-16)27-24(29)26-15(2)3/h8-15,18H,4-7,25H2,1-3H3,(H2,26,27,29). The average molecular weight is 407 g/mol. The van der Waals surface area contributed by atoms with Crippen molar-refractivity contribution >= 4 is 28.3 Å². The van der Waals surface area contributed by atoms with Gasteiger partial charge >= 0.3 is 6.03 Å². The van der Waals surface area contributed by atoms with Crippen molar-refractivity contribution in [3.8, 4) is 17.0 Å². The molecule has 30 heavy (non-hydrogen) atoms. The van der Waals surface area contributed by atoms with Gasteiger partial charge in [-0.25, -0.2) is 4.79 Å². The fourth-order valence-electron chi connectivity index (χ4n) is 4.03. The molecule has 1 aromatic heterocycles. The maximum absolute atomic E-state index is 12.0. The SMILES string of the molecule is CCOc1ccc2c(c1)c(N)c(-c1ccc(NC(=O)NC(C)C)cc1)n2C1CCC1. The number of hydrogen-bond acceptors (Lipinski definition) is 3. The molecule has 6 nitrogen and oxygen atoms in total. The molecular formula is C24H30N4O2. The summed E-state index contributed by atoms with van der Waals surface area (Å²) in [5.41, 5.74) is 11.4. The predicted octanol–water partition coefficient (Wildman–Crippen LogP) is 5.54. The number of aromatic nitrogens is 1. The van der Waals surface area contributed by atoms with Crippen LogP contribution in [0.5, 0.6) is 5.75 Å². The quantitative estimate of drug-likeness (QED) is 0.502.